The SMILES string of the molecule is CCOc1cccn2cc(-c3ccc4c(c3)N(C)C(=O)CO4)nc12. The highest BCUT2D eigenvalue weighted by Gasteiger charge is 2.23. The van der Waals surface area contributed by atoms with Crippen molar-refractivity contribution in [3.8, 4) is 22.8 Å². The third-order valence-electron chi connectivity index (χ3n) is 4.09. The molecule has 0 fully saturated rings. The minimum atomic E-state index is -0.0618. The Labute approximate surface area is 139 Å². The van der Waals surface area contributed by atoms with E-state index >= 15 is 0 Å². The minimum absolute atomic E-state index is 0.0618. The number of rotatable bonds is 3. The number of benzene rings is 1. The van der Waals surface area contributed by atoms with Crippen LogP contribution < -0.4 is 14.4 Å². The maximum absolute atomic E-state index is 11.8. The highest BCUT2D eigenvalue weighted by molar-refractivity contribution is 5.98. The first-order valence-corrected chi connectivity index (χ1v) is 7.81. The highest BCUT2D eigenvalue weighted by Crippen LogP contribution is 2.35. The lowest BCUT2D eigenvalue weighted by Crippen LogP contribution is -2.35. The summed E-state index contributed by atoms with van der Waals surface area (Å²) < 4.78 is 13.0. The van der Waals surface area contributed by atoms with Gasteiger partial charge in [0.15, 0.2) is 18.0 Å². The third-order valence-corrected chi connectivity index (χ3v) is 4.09. The van der Waals surface area contributed by atoms with Gasteiger partial charge in [-0.1, -0.05) is 0 Å². The van der Waals surface area contributed by atoms with Crippen LogP contribution in [0.2, 0.25) is 0 Å². The number of carbonyl (C=O) groups is 1. The van der Waals surface area contributed by atoms with E-state index in [1.54, 1.807) is 11.9 Å². The number of imidazole rings is 1. The fraction of sp³-hybridized carbons (Fsp3) is 0.222. The van der Waals surface area contributed by atoms with E-state index < -0.39 is 0 Å². The molecule has 122 valence electrons. The summed E-state index contributed by atoms with van der Waals surface area (Å²) in [6, 6.07) is 9.58. The van der Waals surface area contributed by atoms with E-state index in [0.29, 0.717) is 12.4 Å². The maximum atomic E-state index is 11.8. The van der Waals surface area contributed by atoms with Gasteiger partial charge in [-0.3, -0.25) is 4.79 Å². The predicted molar refractivity (Wildman–Crippen MR) is 90.7 cm³/mol. The van der Waals surface area contributed by atoms with Crippen molar-refractivity contribution in [1.29, 1.82) is 0 Å². The van der Waals surface area contributed by atoms with Crippen molar-refractivity contribution in [2.45, 2.75) is 6.92 Å². The lowest BCUT2D eigenvalue weighted by atomic mass is 10.1. The lowest BCUT2D eigenvalue weighted by Gasteiger charge is -2.26. The molecule has 6 nitrogen and oxygen atoms in total. The van der Waals surface area contributed by atoms with E-state index in [0.717, 1.165) is 28.3 Å². The molecule has 3 heterocycles. The van der Waals surface area contributed by atoms with Gasteiger partial charge in [-0.2, -0.15) is 0 Å². The van der Waals surface area contributed by atoms with Crippen LogP contribution in [0.5, 0.6) is 11.5 Å². The monoisotopic (exact) mass is 323 g/mol. The zero-order valence-corrected chi connectivity index (χ0v) is 13.5. The summed E-state index contributed by atoms with van der Waals surface area (Å²) >= 11 is 0. The number of hydrogen-bond acceptors (Lipinski definition) is 4. The number of ether oxygens (including phenoxy) is 2. The summed E-state index contributed by atoms with van der Waals surface area (Å²) in [5.41, 5.74) is 3.26. The molecule has 0 unspecified atom stereocenters. The molecule has 0 atom stereocenters. The van der Waals surface area contributed by atoms with E-state index in [9.17, 15) is 4.79 Å². The molecule has 0 aliphatic carbocycles. The first kappa shape index (κ1) is 14.6. The second-order valence-corrected chi connectivity index (χ2v) is 5.59. The van der Waals surface area contributed by atoms with Gasteiger partial charge < -0.3 is 18.8 Å². The predicted octanol–water partition coefficient (Wildman–Crippen LogP) is 2.76. The van der Waals surface area contributed by atoms with Crippen LogP contribution in [0.3, 0.4) is 0 Å². The Balaban J connectivity index is 1.81. The Morgan fingerprint density at radius 2 is 2.21 bits per heavy atom. The third kappa shape index (κ3) is 2.27. The maximum Gasteiger partial charge on any atom is 0.264 e. The standard InChI is InChI=1S/C18H17N3O3/c1-3-23-16-5-4-8-21-10-13(19-18(16)21)12-6-7-15-14(9-12)20(2)17(22)11-24-15/h4-10H,3,11H2,1-2H3. The van der Waals surface area contributed by atoms with Gasteiger partial charge in [-0.05, 0) is 37.3 Å². The van der Waals surface area contributed by atoms with Gasteiger partial charge in [0.1, 0.15) is 5.75 Å². The van der Waals surface area contributed by atoms with Gasteiger partial charge in [-0.25, -0.2) is 4.98 Å². The topological polar surface area (TPSA) is 56.1 Å². The fourth-order valence-electron chi connectivity index (χ4n) is 2.83. The van der Waals surface area contributed by atoms with Crippen molar-refractivity contribution < 1.29 is 14.3 Å². The summed E-state index contributed by atoms with van der Waals surface area (Å²) in [5.74, 6) is 1.40. The smallest absolute Gasteiger partial charge is 0.264 e. The quantitative estimate of drug-likeness (QED) is 0.744. The number of amides is 1. The van der Waals surface area contributed by atoms with E-state index in [1.807, 2.05) is 54.0 Å². The van der Waals surface area contributed by atoms with Gasteiger partial charge in [0.05, 0.1) is 18.0 Å². The number of hydrogen-bond donors (Lipinski definition) is 0. The molecule has 0 saturated heterocycles. The molecule has 3 aromatic rings. The molecule has 0 saturated carbocycles. The fourth-order valence-corrected chi connectivity index (χ4v) is 2.83. The average Bonchev–Trinajstić information content (AvgIpc) is 3.04. The van der Waals surface area contributed by atoms with Gasteiger partial charge in [0, 0.05) is 25.0 Å². The van der Waals surface area contributed by atoms with Crippen molar-refractivity contribution in [3.05, 3.63) is 42.7 Å². The molecular weight excluding hydrogens is 306 g/mol. The summed E-state index contributed by atoms with van der Waals surface area (Å²) in [4.78, 5) is 18.1. The highest BCUT2D eigenvalue weighted by atomic mass is 16.5. The molecule has 1 aliphatic rings. The van der Waals surface area contributed by atoms with Crippen molar-refractivity contribution in [1.82, 2.24) is 9.38 Å². The summed E-state index contributed by atoms with van der Waals surface area (Å²) in [7, 11) is 1.75. The van der Waals surface area contributed by atoms with Crippen LogP contribution in [0.1, 0.15) is 6.92 Å². The number of likely N-dealkylation sites (N-methyl/N-ethyl adjacent to an activating group) is 1. The van der Waals surface area contributed by atoms with E-state index in [-0.39, 0.29) is 12.5 Å². The molecule has 6 heteroatoms. The number of pyridine rings is 1. The van der Waals surface area contributed by atoms with Crippen molar-refractivity contribution in [2.75, 3.05) is 25.2 Å². The first-order valence-electron chi connectivity index (χ1n) is 7.81. The molecule has 1 aliphatic heterocycles. The number of anilines is 1. The Hall–Kier alpha value is -3.02. The first-order chi connectivity index (χ1) is 11.7. The van der Waals surface area contributed by atoms with Crippen LogP contribution in [0, 0.1) is 0 Å². The van der Waals surface area contributed by atoms with Gasteiger partial charge in [-0.15, -0.1) is 0 Å². The molecule has 1 aromatic carbocycles. The van der Waals surface area contributed by atoms with E-state index in [1.165, 1.54) is 0 Å². The Morgan fingerprint density at radius 3 is 3.04 bits per heavy atom. The molecule has 1 amide bonds. The molecule has 0 spiro atoms. The second kappa shape index (κ2) is 5.56. The van der Waals surface area contributed by atoms with E-state index in [4.69, 9.17) is 9.47 Å². The number of fused-ring (bicyclic) bond motifs is 2. The van der Waals surface area contributed by atoms with Crippen LogP contribution >= 0.6 is 0 Å². The number of aromatic nitrogens is 2. The van der Waals surface area contributed by atoms with Crippen LogP contribution in [-0.4, -0.2) is 35.6 Å². The van der Waals surface area contributed by atoms with Crippen molar-refractivity contribution >= 4 is 17.2 Å². The van der Waals surface area contributed by atoms with Crippen LogP contribution in [0.15, 0.2) is 42.7 Å². The molecule has 24 heavy (non-hydrogen) atoms. The zero-order valence-electron chi connectivity index (χ0n) is 13.5. The summed E-state index contributed by atoms with van der Waals surface area (Å²) in [5, 5.41) is 0. The Bertz CT molecular complexity index is 932. The zero-order chi connectivity index (χ0) is 16.7. The Morgan fingerprint density at radius 1 is 1.33 bits per heavy atom. The second-order valence-electron chi connectivity index (χ2n) is 5.59. The molecule has 2 aromatic heterocycles. The number of carbonyl (C=O) groups excluding carboxylic acids is 1. The lowest BCUT2D eigenvalue weighted by molar-refractivity contribution is -0.120. The largest absolute Gasteiger partial charge is 0.490 e. The van der Waals surface area contributed by atoms with Crippen molar-refractivity contribution in [3.63, 3.8) is 0 Å². The van der Waals surface area contributed by atoms with Crippen LogP contribution in [-0.2, 0) is 4.79 Å². The van der Waals surface area contributed by atoms with Gasteiger partial charge in [0.2, 0.25) is 0 Å². The molecule has 4 rings (SSSR count). The minimum Gasteiger partial charge on any atom is -0.490 e. The number of nitrogens with zero attached hydrogens (tertiary/aromatic N) is 3. The summed E-state index contributed by atoms with van der Waals surface area (Å²) in [6.07, 6.45) is 3.89. The average molecular weight is 323 g/mol. The van der Waals surface area contributed by atoms with Crippen LogP contribution in [0.4, 0.5) is 5.69 Å². The van der Waals surface area contributed by atoms with Crippen molar-refractivity contribution in [2.24, 2.45) is 0 Å². The van der Waals surface area contributed by atoms with Crippen LogP contribution in [0.25, 0.3) is 16.9 Å². The van der Waals surface area contributed by atoms with Gasteiger partial charge >= 0.3 is 0 Å². The van der Waals surface area contributed by atoms with E-state index in [2.05, 4.69) is 4.98 Å². The molecular formula is C18H17N3O3. The molecule has 0 radical (unpaired) electrons. The normalized spacial score (nSPS) is 13.8. The summed E-state index contributed by atoms with van der Waals surface area (Å²) in [6.45, 7) is 2.61. The molecule has 0 N–H and O–H groups in total. The Kier molecular flexibility index (Phi) is 3.37. The molecule has 0 bridgehead atoms. The van der Waals surface area contributed by atoms with Gasteiger partial charge in [0.25, 0.3) is 5.91 Å².